The highest BCUT2D eigenvalue weighted by Gasteiger charge is 2.11. The summed E-state index contributed by atoms with van der Waals surface area (Å²) in [6.45, 7) is 1.75. The molecule has 0 aliphatic carbocycles. The molecule has 0 aliphatic heterocycles. The fraction of sp³-hybridized carbons (Fsp3) is 0.800. The second-order valence-electron chi connectivity index (χ2n) is 3.53. The predicted octanol–water partition coefficient (Wildman–Crippen LogP) is -1.09. The maximum atomic E-state index is 10.7. The van der Waals surface area contributed by atoms with Crippen LogP contribution in [0.4, 0.5) is 0 Å². The molecule has 0 rings (SSSR count). The van der Waals surface area contributed by atoms with Gasteiger partial charge in [0.25, 0.3) is 0 Å². The summed E-state index contributed by atoms with van der Waals surface area (Å²) in [5.41, 5.74) is 5.02. The summed E-state index contributed by atoms with van der Waals surface area (Å²) < 4.78 is 10.0. The number of hydrogen-bond donors (Lipinski definition) is 2. The Labute approximate surface area is 100 Å². The number of carbonyl (C=O) groups is 2. The van der Waals surface area contributed by atoms with E-state index in [-0.39, 0.29) is 13.1 Å². The molecule has 0 saturated heterocycles. The van der Waals surface area contributed by atoms with Crippen molar-refractivity contribution in [2.45, 2.75) is 6.42 Å². The Bertz CT molecular complexity index is 219. The average molecular weight is 248 g/mol. The van der Waals surface area contributed by atoms with Crippen LogP contribution in [0.25, 0.3) is 0 Å². The van der Waals surface area contributed by atoms with Gasteiger partial charge in [-0.2, -0.15) is 0 Å². The highest BCUT2D eigenvalue weighted by atomic mass is 16.5. The SMILES string of the molecule is COCCOCCCN(CC(N)=O)CC(=O)O. The minimum atomic E-state index is -0.980. The third-order valence-electron chi connectivity index (χ3n) is 1.93. The fourth-order valence-electron chi connectivity index (χ4n) is 1.26. The number of amides is 1. The van der Waals surface area contributed by atoms with Gasteiger partial charge in [-0.25, -0.2) is 0 Å². The van der Waals surface area contributed by atoms with Gasteiger partial charge in [0.05, 0.1) is 26.3 Å². The highest BCUT2D eigenvalue weighted by molar-refractivity contribution is 5.77. The molecule has 0 spiro atoms. The smallest absolute Gasteiger partial charge is 0.317 e. The molecule has 0 heterocycles. The lowest BCUT2D eigenvalue weighted by Crippen LogP contribution is -2.38. The lowest BCUT2D eigenvalue weighted by Gasteiger charge is -2.18. The standard InChI is InChI=1S/C10H20N2O5/c1-16-5-6-17-4-2-3-12(7-9(11)13)8-10(14)15/h2-8H2,1H3,(H2,11,13)(H,14,15). The molecule has 0 radical (unpaired) electrons. The third kappa shape index (κ3) is 11.1. The summed E-state index contributed by atoms with van der Waals surface area (Å²) in [6, 6.07) is 0. The molecule has 0 aromatic heterocycles. The minimum absolute atomic E-state index is 0.0512. The van der Waals surface area contributed by atoms with E-state index >= 15 is 0 Å². The molecule has 0 unspecified atom stereocenters. The molecule has 0 atom stereocenters. The summed E-state index contributed by atoms with van der Waals surface area (Å²) in [5, 5.41) is 8.63. The Kier molecular flexibility index (Phi) is 9.31. The zero-order valence-electron chi connectivity index (χ0n) is 10.1. The number of methoxy groups -OCH3 is 1. The molecule has 0 aromatic rings. The predicted molar refractivity (Wildman–Crippen MR) is 60.6 cm³/mol. The van der Waals surface area contributed by atoms with Crippen LogP contribution in [0.5, 0.6) is 0 Å². The number of carboxylic acids is 1. The van der Waals surface area contributed by atoms with Gasteiger partial charge in [-0.15, -0.1) is 0 Å². The van der Waals surface area contributed by atoms with Crippen molar-refractivity contribution >= 4 is 11.9 Å². The normalized spacial score (nSPS) is 10.7. The van der Waals surface area contributed by atoms with Gasteiger partial charge in [0.2, 0.25) is 5.91 Å². The van der Waals surface area contributed by atoms with E-state index in [1.807, 2.05) is 0 Å². The van der Waals surface area contributed by atoms with Crippen LogP contribution in [0.15, 0.2) is 0 Å². The Balaban J connectivity index is 3.68. The molecule has 7 nitrogen and oxygen atoms in total. The lowest BCUT2D eigenvalue weighted by molar-refractivity contribution is -0.138. The van der Waals surface area contributed by atoms with Crippen LogP contribution >= 0.6 is 0 Å². The maximum absolute atomic E-state index is 10.7. The molecule has 0 saturated carbocycles. The van der Waals surface area contributed by atoms with Crippen molar-refractivity contribution in [2.24, 2.45) is 5.73 Å². The van der Waals surface area contributed by atoms with Gasteiger partial charge in [-0.05, 0) is 6.42 Å². The van der Waals surface area contributed by atoms with Crippen molar-refractivity contribution in [3.05, 3.63) is 0 Å². The number of rotatable bonds is 11. The summed E-state index contributed by atoms with van der Waals surface area (Å²) in [6.07, 6.45) is 0.643. The number of carbonyl (C=O) groups excluding carboxylic acids is 1. The van der Waals surface area contributed by atoms with Crippen LogP contribution in [0, 0.1) is 0 Å². The van der Waals surface area contributed by atoms with Gasteiger partial charge >= 0.3 is 5.97 Å². The van der Waals surface area contributed by atoms with Crippen molar-refractivity contribution in [2.75, 3.05) is 46.6 Å². The van der Waals surface area contributed by atoms with Crippen LogP contribution in [0.2, 0.25) is 0 Å². The van der Waals surface area contributed by atoms with E-state index in [1.165, 1.54) is 4.90 Å². The van der Waals surface area contributed by atoms with E-state index in [4.69, 9.17) is 20.3 Å². The van der Waals surface area contributed by atoms with Crippen molar-refractivity contribution in [3.8, 4) is 0 Å². The van der Waals surface area contributed by atoms with E-state index in [2.05, 4.69) is 0 Å². The number of hydrogen-bond acceptors (Lipinski definition) is 5. The number of nitrogens with zero attached hydrogens (tertiary/aromatic N) is 1. The Morgan fingerprint density at radius 2 is 1.94 bits per heavy atom. The van der Waals surface area contributed by atoms with Gasteiger partial charge in [-0.3, -0.25) is 14.5 Å². The Morgan fingerprint density at radius 1 is 1.24 bits per heavy atom. The summed E-state index contributed by atoms with van der Waals surface area (Å²) >= 11 is 0. The molecule has 0 aliphatic rings. The molecular formula is C10H20N2O5. The molecule has 3 N–H and O–H groups in total. The molecule has 7 heteroatoms. The van der Waals surface area contributed by atoms with E-state index in [9.17, 15) is 9.59 Å². The highest BCUT2D eigenvalue weighted by Crippen LogP contribution is 1.92. The van der Waals surface area contributed by atoms with Crippen LogP contribution in [0.1, 0.15) is 6.42 Å². The van der Waals surface area contributed by atoms with E-state index in [1.54, 1.807) is 7.11 Å². The van der Waals surface area contributed by atoms with Crippen LogP contribution in [-0.2, 0) is 19.1 Å². The first kappa shape index (κ1) is 15.8. The van der Waals surface area contributed by atoms with Gasteiger partial charge in [0.15, 0.2) is 0 Å². The first-order valence-electron chi connectivity index (χ1n) is 5.35. The van der Waals surface area contributed by atoms with Crippen LogP contribution in [-0.4, -0.2) is 68.4 Å². The van der Waals surface area contributed by atoms with Crippen LogP contribution in [0.3, 0.4) is 0 Å². The van der Waals surface area contributed by atoms with Crippen molar-refractivity contribution in [3.63, 3.8) is 0 Å². The zero-order valence-corrected chi connectivity index (χ0v) is 10.1. The number of aliphatic carboxylic acids is 1. The largest absolute Gasteiger partial charge is 0.480 e. The van der Waals surface area contributed by atoms with Crippen LogP contribution < -0.4 is 5.73 Å². The van der Waals surface area contributed by atoms with E-state index < -0.39 is 11.9 Å². The minimum Gasteiger partial charge on any atom is -0.480 e. The van der Waals surface area contributed by atoms with Gasteiger partial charge in [-0.1, -0.05) is 0 Å². The maximum Gasteiger partial charge on any atom is 0.317 e. The first-order valence-corrected chi connectivity index (χ1v) is 5.35. The average Bonchev–Trinajstić information content (AvgIpc) is 2.21. The van der Waals surface area contributed by atoms with E-state index in [0.717, 1.165) is 0 Å². The molecule has 0 aromatic carbocycles. The number of primary amides is 1. The first-order chi connectivity index (χ1) is 8.06. The second kappa shape index (κ2) is 10.0. The summed E-state index contributed by atoms with van der Waals surface area (Å²) in [7, 11) is 1.59. The summed E-state index contributed by atoms with van der Waals surface area (Å²) in [4.78, 5) is 22.7. The molecule has 17 heavy (non-hydrogen) atoms. The number of ether oxygens (including phenoxy) is 2. The van der Waals surface area contributed by atoms with E-state index in [0.29, 0.717) is 32.8 Å². The van der Waals surface area contributed by atoms with Gasteiger partial charge in [0.1, 0.15) is 0 Å². The fourth-order valence-corrected chi connectivity index (χ4v) is 1.26. The Hall–Kier alpha value is -1.18. The molecular weight excluding hydrogens is 228 g/mol. The second-order valence-corrected chi connectivity index (χ2v) is 3.53. The monoisotopic (exact) mass is 248 g/mol. The van der Waals surface area contributed by atoms with Gasteiger partial charge in [0, 0.05) is 20.3 Å². The zero-order chi connectivity index (χ0) is 13.1. The third-order valence-corrected chi connectivity index (χ3v) is 1.93. The topological polar surface area (TPSA) is 102 Å². The van der Waals surface area contributed by atoms with Crippen molar-refractivity contribution < 1.29 is 24.2 Å². The molecule has 0 bridgehead atoms. The van der Waals surface area contributed by atoms with Crippen molar-refractivity contribution in [1.29, 1.82) is 0 Å². The lowest BCUT2D eigenvalue weighted by atomic mass is 10.3. The molecule has 0 fully saturated rings. The quantitative estimate of drug-likeness (QED) is 0.450. The van der Waals surface area contributed by atoms with Crippen molar-refractivity contribution in [1.82, 2.24) is 4.90 Å². The van der Waals surface area contributed by atoms with Gasteiger partial charge < -0.3 is 20.3 Å². The Morgan fingerprint density at radius 3 is 2.47 bits per heavy atom. The molecule has 100 valence electrons. The summed E-state index contributed by atoms with van der Waals surface area (Å²) in [5.74, 6) is -1.52. The number of carboxylic acid groups (broad SMARTS) is 1. The number of nitrogens with two attached hydrogens (primary N) is 1. The molecule has 1 amide bonds.